The minimum atomic E-state index is -0.189. The molecule has 1 aliphatic heterocycles. The fourth-order valence-corrected chi connectivity index (χ4v) is 2.55. The van der Waals surface area contributed by atoms with Gasteiger partial charge in [-0.1, -0.05) is 12.1 Å². The van der Waals surface area contributed by atoms with Crippen molar-refractivity contribution in [1.29, 1.82) is 0 Å². The summed E-state index contributed by atoms with van der Waals surface area (Å²) in [6.45, 7) is 1.91. The monoisotopic (exact) mass is 248 g/mol. The molecule has 0 unspecified atom stereocenters. The van der Waals surface area contributed by atoms with Gasteiger partial charge in [0, 0.05) is 19.5 Å². The van der Waals surface area contributed by atoms with E-state index in [1.165, 1.54) is 0 Å². The second-order valence-corrected chi connectivity index (χ2v) is 4.77. The first-order chi connectivity index (χ1) is 8.70. The molecule has 0 aliphatic carbocycles. The molecule has 1 fully saturated rings. The van der Waals surface area contributed by atoms with Crippen LogP contribution in [0.3, 0.4) is 0 Å². The average molecular weight is 248 g/mol. The van der Waals surface area contributed by atoms with Gasteiger partial charge in [0.25, 0.3) is 0 Å². The third kappa shape index (κ3) is 2.94. The second-order valence-electron chi connectivity index (χ2n) is 4.77. The van der Waals surface area contributed by atoms with Crippen molar-refractivity contribution in [2.75, 3.05) is 25.1 Å². The molecule has 0 radical (unpaired) electrons. The second kappa shape index (κ2) is 5.76. The molecule has 0 bridgehead atoms. The van der Waals surface area contributed by atoms with Crippen LogP contribution < -0.4 is 15.4 Å². The van der Waals surface area contributed by atoms with Crippen LogP contribution in [-0.4, -0.2) is 26.1 Å². The Morgan fingerprint density at radius 3 is 2.67 bits per heavy atom. The molecule has 0 atom stereocenters. The van der Waals surface area contributed by atoms with Gasteiger partial charge in [0.15, 0.2) is 0 Å². The van der Waals surface area contributed by atoms with E-state index in [1.807, 2.05) is 18.2 Å². The highest BCUT2D eigenvalue weighted by atomic mass is 16.5. The van der Waals surface area contributed by atoms with Crippen molar-refractivity contribution in [3.8, 4) is 5.75 Å². The highest BCUT2D eigenvalue weighted by Crippen LogP contribution is 2.31. The number of carbonyl (C=O) groups excluding carboxylic acids is 1. The van der Waals surface area contributed by atoms with Crippen molar-refractivity contribution in [2.24, 2.45) is 11.7 Å². The molecule has 1 aromatic carbocycles. The normalized spacial score (nSPS) is 16.6. The van der Waals surface area contributed by atoms with Crippen molar-refractivity contribution in [1.82, 2.24) is 0 Å². The Labute approximate surface area is 108 Å². The van der Waals surface area contributed by atoms with Crippen molar-refractivity contribution in [3.05, 3.63) is 24.3 Å². The number of ether oxygens (including phenoxy) is 1. The molecule has 4 heteroatoms. The maximum absolute atomic E-state index is 10.9. The van der Waals surface area contributed by atoms with Gasteiger partial charge in [0.2, 0.25) is 5.91 Å². The number of benzene rings is 1. The van der Waals surface area contributed by atoms with Crippen molar-refractivity contribution in [3.63, 3.8) is 0 Å². The molecule has 0 saturated carbocycles. The van der Waals surface area contributed by atoms with Crippen LogP contribution in [0.25, 0.3) is 0 Å². The minimum absolute atomic E-state index is 0.189. The highest BCUT2D eigenvalue weighted by molar-refractivity contribution is 5.74. The number of hydrogen-bond acceptors (Lipinski definition) is 3. The third-order valence-corrected chi connectivity index (χ3v) is 3.53. The number of nitrogens with two attached hydrogens (primary N) is 1. The number of rotatable bonds is 4. The highest BCUT2D eigenvalue weighted by Gasteiger charge is 2.22. The Hall–Kier alpha value is -1.71. The fourth-order valence-electron chi connectivity index (χ4n) is 2.55. The lowest BCUT2D eigenvalue weighted by molar-refractivity contribution is -0.119. The molecule has 18 heavy (non-hydrogen) atoms. The number of hydrogen-bond donors (Lipinski definition) is 1. The lowest BCUT2D eigenvalue weighted by Gasteiger charge is -2.33. The SMILES string of the molecule is COc1ccccc1N1CCC(CC(N)=O)CC1. The minimum Gasteiger partial charge on any atom is -0.495 e. The summed E-state index contributed by atoms with van der Waals surface area (Å²) in [7, 11) is 1.69. The first-order valence-electron chi connectivity index (χ1n) is 6.37. The first kappa shape index (κ1) is 12.7. The van der Waals surface area contributed by atoms with E-state index in [0.717, 1.165) is 37.4 Å². The molecular weight excluding hydrogens is 228 g/mol. The lowest BCUT2D eigenvalue weighted by atomic mass is 9.93. The van der Waals surface area contributed by atoms with Gasteiger partial charge in [-0.15, -0.1) is 0 Å². The molecule has 2 N–H and O–H groups in total. The lowest BCUT2D eigenvalue weighted by Crippen LogP contribution is -2.35. The fraction of sp³-hybridized carbons (Fsp3) is 0.500. The summed E-state index contributed by atoms with van der Waals surface area (Å²) in [5, 5.41) is 0. The molecule has 1 saturated heterocycles. The molecular formula is C14H20N2O2. The van der Waals surface area contributed by atoms with Crippen molar-refractivity contribution >= 4 is 11.6 Å². The van der Waals surface area contributed by atoms with E-state index in [4.69, 9.17) is 10.5 Å². The van der Waals surface area contributed by atoms with Crippen LogP contribution in [0.15, 0.2) is 24.3 Å². The number of anilines is 1. The molecule has 1 aromatic rings. The summed E-state index contributed by atoms with van der Waals surface area (Å²) < 4.78 is 5.37. The number of piperidine rings is 1. The Morgan fingerprint density at radius 2 is 2.06 bits per heavy atom. The molecule has 1 heterocycles. The van der Waals surface area contributed by atoms with Gasteiger partial charge in [-0.3, -0.25) is 4.79 Å². The number of carbonyl (C=O) groups is 1. The Kier molecular flexibility index (Phi) is 4.07. The first-order valence-corrected chi connectivity index (χ1v) is 6.37. The topological polar surface area (TPSA) is 55.6 Å². The standard InChI is InChI=1S/C14H20N2O2/c1-18-13-5-3-2-4-12(13)16-8-6-11(7-9-16)10-14(15)17/h2-5,11H,6-10H2,1H3,(H2,15,17). The summed E-state index contributed by atoms with van der Waals surface area (Å²) in [4.78, 5) is 13.2. The van der Waals surface area contributed by atoms with Crippen molar-refractivity contribution < 1.29 is 9.53 Å². The van der Waals surface area contributed by atoms with Crippen LogP contribution in [-0.2, 0) is 4.79 Å². The van der Waals surface area contributed by atoms with E-state index < -0.39 is 0 Å². The summed E-state index contributed by atoms with van der Waals surface area (Å²) in [6.07, 6.45) is 2.54. The van der Waals surface area contributed by atoms with E-state index in [-0.39, 0.29) is 5.91 Å². The quantitative estimate of drug-likeness (QED) is 0.883. The summed E-state index contributed by atoms with van der Waals surface area (Å²) in [6, 6.07) is 8.05. The van der Waals surface area contributed by atoms with Crippen LogP contribution in [0, 0.1) is 5.92 Å². The molecule has 0 spiro atoms. The number of primary amides is 1. The molecule has 2 rings (SSSR count). The predicted octanol–water partition coefficient (Wildman–Crippen LogP) is 1.79. The molecule has 4 nitrogen and oxygen atoms in total. The van der Waals surface area contributed by atoms with Gasteiger partial charge in [-0.25, -0.2) is 0 Å². The van der Waals surface area contributed by atoms with Gasteiger partial charge in [-0.2, -0.15) is 0 Å². The van der Waals surface area contributed by atoms with E-state index in [2.05, 4.69) is 11.0 Å². The van der Waals surface area contributed by atoms with Crippen molar-refractivity contribution in [2.45, 2.75) is 19.3 Å². The number of amides is 1. The van der Waals surface area contributed by atoms with E-state index in [0.29, 0.717) is 12.3 Å². The van der Waals surface area contributed by atoms with Gasteiger partial charge >= 0.3 is 0 Å². The zero-order chi connectivity index (χ0) is 13.0. The zero-order valence-electron chi connectivity index (χ0n) is 10.8. The van der Waals surface area contributed by atoms with E-state index in [9.17, 15) is 4.79 Å². The molecule has 0 aromatic heterocycles. The summed E-state index contributed by atoms with van der Waals surface area (Å²) in [5.74, 6) is 1.16. The van der Waals surface area contributed by atoms with Crippen LogP contribution in [0.2, 0.25) is 0 Å². The largest absolute Gasteiger partial charge is 0.495 e. The smallest absolute Gasteiger partial charge is 0.217 e. The number of para-hydroxylation sites is 2. The molecule has 1 amide bonds. The maximum Gasteiger partial charge on any atom is 0.217 e. The van der Waals surface area contributed by atoms with Crippen LogP contribution in [0.5, 0.6) is 5.75 Å². The third-order valence-electron chi connectivity index (χ3n) is 3.53. The molecule has 1 aliphatic rings. The van der Waals surface area contributed by atoms with Gasteiger partial charge in [-0.05, 0) is 30.9 Å². The zero-order valence-corrected chi connectivity index (χ0v) is 10.8. The van der Waals surface area contributed by atoms with Gasteiger partial charge in [0.1, 0.15) is 5.75 Å². The summed E-state index contributed by atoms with van der Waals surface area (Å²) in [5.41, 5.74) is 6.38. The number of nitrogens with zero attached hydrogens (tertiary/aromatic N) is 1. The van der Waals surface area contributed by atoms with Crippen LogP contribution in [0.4, 0.5) is 5.69 Å². The van der Waals surface area contributed by atoms with Gasteiger partial charge < -0.3 is 15.4 Å². The van der Waals surface area contributed by atoms with Crippen LogP contribution >= 0.6 is 0 Å². The maximum atomic E-state index is 10.9. The van der Waals surface area contributed by atoms with Gasteiger partial charge in [0.05, 0.1) is 12.8 Å². The van der Waals surface area contributed by atoms with E-state index in [1.54, 1.807) is 7.11 Å². The average Bonchev–Trinajstić information content (AvgIpc) is 2.39. The predicted molar refractivity (Wildman–Crippen MR) is 71.7 cm³/mol. The number of methoxy groups -OCH3 is 1. The Morgan fingerprint density at radius 1 is 1.39 bits per heavy atom. The Balaban J connectivity index is 1.99. The van der Waals surface area contributed by atoms with E-state index >= 15 is 0 Å². The van der Waals surface area contributed by atoms with Crippen LogP contribution in [0.1, 0.15) is 19.3 Å². The summed E-state index contributed by atoms with van der Waals surface area (Å²) >= 11 is 0. The Bertz CT molecular complexity index is 412. The molecule has 98 valence electrons.